The summed E-state index contributed by atoms with van der Waals surface area (Å²) >= 11 is 0.410. The van der Waals surface area contributed by atoms with Crippen LogP contribution in [0.4, 0.5) is 23.2 Å². The van der Waals surface area contributed by atoms with E-state index in [1.54, 1.807) is 0 Å². The lowest BCUT2D eigenvalue weighted by Gasteiger charge is -2.25. The number of benzene rings is 1. The van der Waals surface area contributed by atoms with E-state index in [4.69, 9.17) is 0 Å². The maximum Gasteiger partial charge on any atom is 0.397 e. The van der Waals surface area contributed by atoms with Gasteiger partial charge in [0.1, 0.15) is 16.6 Å². The van der Waals surface area contributed by atoms with Crippen molar-refractivity contribution in [1.82, 2.24) is 0 Å². The van der Waals surface area contributed by atoms with Crippen LogP contribution in [0.1, 0.15) is 26.9 Å². The molecule has 0 radical (unpaired) electrons. The summed E-state index contributed by atoms with van der Waals surface area (Å²) in [6.45, 7) is 0. The van der Waals surface area contributed by atoms with Gasteiger partial charge in [0.25, 0.3) is 0 Å². The molecule has 0 aliphatic carbocycles. The number of carboxylic acid groups (broad SMARTS) is 1. The number of nitrogens with one attached hydrogen (secondary N) is 1. The van der Waals surface area contributed by atoms with Gasteiger partial charge < -0.3 is 10.4 Å². The molecule has 0 bridgehead atoms. The number of aromatic carboxylic acids is 1. The van der Waals surface area contributed by atoms with Gasteiger partial charge in [-0.05, 0) is 6.07 Å². The molecule has 4 nitrogen and oxygen atoms in total. The Hall–Kier alpha value is -2.42. The molecular weight excluding hydrogens is 350 g/mol. The first-order valence-electron chi connectivity index (χ1n) is 6.71. The van der Waals surface area contributed by atoms with Crippen LogP contribution in [0.25, 0.3) is 11.1 Å². The maximum atomic E-state index is 14.1. The van der Waals surface area contributed by atoms with Crippen LogP contribution < -0.4 is 5.32 Å². The summed E-state index contributed by atoms with van der Waals surface area (Å²) in [7, 11) is 0. The molecule has 2 heterocycles. The number of halogens is 4. The highest BCUT2D eigenvalue weighted by Gasteiger charge is 2.48. The van der Waals surface area contributed by atoms with Crippen molar-refractivity contribution in [2.75, 3.05) is 5.32 Å². The molecule has 1 atom stereocenters. The normalized spacial score (nSPS) is 17.3. The fourth-order valence-corrected chi connectivity index (χ4v) is 3.86. The first-order valence-corrected chi connectivity index (χ1v) is 7.53. The highest BCUT2D eigenvalue weighted by molar-refractivity contribution is 7.15. The lowest BCUT2D eigenvalue weighted by molar-refractivity contribution is -0.156. The smallest absolute Gasteiger partial charge is 0.397 e. The van der Waals surface area contributed by atoms with Crippen molar-refractivity contribution in [2.24, 2.45) is 0 Å². The summed E-state index contributed by atoms with van der Waals surface area (Å²) in [4.78, 5) is 22.4. The molecule has 0 fully saturated rings. The lowest BCUT2D eigenvalue weighted by atomic mass is 9.93. The van der Waals surface area contributed by atoms with Crippen LogP contribution in [0.2, 0.25) is 0 Å². The molecule has 0 saturated heterocycles. The molecule has 3 rings (SSSR count). The Morgan fingerprint density at radius 3 is 2.54 bits per heavy atom. The van der Waals surface area contributed by atoms with Crippen molar-refractivity contribution in [1.29, 1.82) is 0 Å². The second-order valence-corrected chi connectivity index (χ2v) is 6.23. The van der Waals surface area contributed by atoms with Crippen LogP contribution in [0, 0.1) is 5.82 Å². The van der Waals surface area contributed by atoms with Gasteiger partial charge in [-0.2, -0.15) is 13.2 Å². The highest BCUT2D eigenvalue weighted by atomic mass is 32.1. The molecule has 2 N–H and O–H groups in total. The van der Waals surface area contributed by atoms with Crippen molar-refractivity contribution >= 4 is 28.9 Å². The Bertz CT molecular complexity index is 844. The molecule has 1 aromatic carbocycles. The standard InChI is InChI=1S/C15H9F4NO3S/c16-8-4-2-1-3-6(8)10-11-12(24-13(10)14(22)23)7(15(17,18)19)5-9(21)20-11/h1-4,7H,5H2,(H,20,21)(H,22,23). The van der Waals surface area contributed by atoms with E-state index in [-0.39, 0.29) is 21.7 Å². The minimum Gasteiger partial charge on any atom is -0.477 e. The summed E-state index contributed by atoms with van der Waals surface area (Å²) in [5.74, 6) is -5.27. The van der Waals surface area contributed by atoms with Crippen LogP contribution in [-0.4, -0.2) is 23.2 Å². The van der Waals surface area contributed by atoms with E-state index in [9.17, 15) is 32.3 Å². The number of rotatable bonds is 2. The molecule has 24 heavy (non-hydrogen) atoms. The number of alkyl halides is 3. The molecule has 126 valence electrons. The average Bonchev–Trinajstić information content (AvgIpc) is 2.85. The number of anilines is 1. The second-order valence-electron chi connectivity index (χ2n) is 5.18. The predicted octanol–water partition coefficient (Wildman–Crippen LogP) is 4.24. The van der Waals surface area contributed by atoms with Gasteiger partial charge in [-0.25, -0.2) is 9.18 Å². The molecule has 0 spiro atoms. The number of fused-ring (bicyclic) bond motifs is 1. The van der Waals surface area contributed by atoms with E-state index < -0.39 is 41.1 Å². The predicted molar refractivity (Wildman–Crippen MR) is 78.7 cm³/mol. The Balaban J connectivity index is 2.31. The monoisotopic (exact) mass is 359 g/mol. The maximum absolute atomic E-state index is 14.1. The first kappa shape index (κ1) is 16.4. The van der Waals surface area contributed by atoms with Gasteiger partial charge in [0.2, 0.25) is 5.91 Å². The molecule has 2 aromatic rings. The average molecular weight is 359 g/mol. The molecule has 1 aliphatic rings. The van der Waals surface area contributed by atoms with E-state index in [2.05, 4.69) is 5.32 Å². The molecule has 1 unspecified atom stereocenters. The third-order valence-electron chi connectivity index (χ3n) is 3.64. The summed E-state index contributed by atoms with van der Waals surface area (Å²) in [5.41, 5.74) is -0.681. The molecule has 1 aromatic heterocycles. The van der Waals surface area contributed by atoms with Crippen molar-refractivity contribution in [2.45, 2.75) is 18.5 Å². The number of thiophene rings is 1. The van der Waals surface area contributed by atoms with Gasteiger partial charge in [-0.1, -0.05) is 18.2 Å². The molecule has 0 saturated carbocycles. The van der Waals surface area contributed by atoms with E-state index >= 15 is 0 Å². The number of carboxylic acids is 1. The number of carbonyl (C=O) groups excluding carboxylic acids is 1. The van der Waals surface area contributed by atoms with E-state index in [0.29, 0.717) is 11.3 Å². The molecular formula is C15H9F4NO3S. The zero-order valence-corrected chi connectivity index (χ0v) is 12.6. The van der Waals surface area contributed by atoms with Crippen molar-refractivity contribution < 1.29 is 32.3 Å². The SMILES string of the molecule is O=C1CC(C(F)(F)F)c2sc(C(=O)O)c(-c3ccccc3F)c2N1. The Labute approximate surface area is 136 Å². The molecule has 9 heteroatoms. The summed E-state index contributed by atoms with van der Waals surface area (Å²) in [6.07, 6.45) is -5.54. The van der Waals surface area contributed by atoms with Crippen LogP contribution in [0.3, 0.4) is 0 Å². The van der Waals surface area contributed by atoms with Crippen molar-refractivity contribution in [3.05, 3.63) is 39.8 Å². The quantitative estimate of drug-likeness (QED) is 0.788. The minimum absolute atomic E-state index is 0.171. The summed E-state index contributed by atoms with van der Waals surface area (Å²) in [6, 6.07) is 5.12. The Kier molecular flexibility index (Phi) is 3.83. The van der Waals surface area contributed by atoms with Crippen molar-refractivity contribution in [3.63, 3.8) is 0 Å². The summed E-state index contributed by atoms with van der Waals surface area (Å²) in [5, 5.41) is 11.6. The van der Waals surface area contributed by atoms with Crippen LogP contribution in [0.15, 0.2) is 24.3 Å². The largest absolute Gasteiger partial charge is 0.477 e. The number of amides is 1. The number of carbonyl (C=O) groups is 2. The highest BCUT2D eigenvalue weighted by Crippen LogP contribution is 2.52. The van der Waals surface area contributed by atoms with Gasteiger partial charge in [0.05, 0.1) is 5.69 Å². The topological polar surface area (TPSA) is 66.4 Å². The van der Waals surface area contributed by atoms with Gasteiger partial charge in [0, 0.05) is 22.4 Å². The zero-order chi connectivity index (χ0) is 17.6. The van der Waals surface area contributed by atoms with Crippen LogP contribution in [0.5, 0.6) is 0 Å². The van der Waals surface area contributed by atoms with E-state index in [1.807, 2.05) is 0 Å². The van der Waals surface area contributed by atoms with E-state index in [0.717, 1.165) is 6.07 Å². The second kappa shape index (κ2) is 5.59. The zero-order valence-electron chi connectivity index (χ0n) is 11.8. The van der Waals surface area contributed by atoms with Gasteiger partial charge in [0.15, 0.2) is 0 Å². The fraction of sp³-hybridized carbons (Fsp3) is 0.200. The van der Waals surface area contributed by atoms with Gasteiger partial charge >= 0.3 is 12.1 Å². The van der Waals surface area contributed by atoms with Crippen LogP contribution >= 0.6 is 11.3 Å². The summed E-state index contributed by atoms with van der Waals surface area (Å²) < 4.78 is 53.7. The first-order chi connectivity index (χ1) is 11.2. The molecule has 1 amide bonds. The van der Waals surface area contributed by atoms with Gasteiger partial charge in [-0.15, -0.1) is 11.3 Å². The third-order valence-corrected chi connectivity index (χ3v) is 4.93. The fourth-order valence-electron chi connectivity index (χ4n) is 2.62. The minimum atomic E-state index is -4.71. The third kappa shape index (κ3) is 2.64. The number of hydrogen-bond donors (Lipinski definition) is 2. The van der Waals surface area contributed by atoms with Crippen molar-refractivity contribution in [3.8, 4) is 11.1 Å². The number of hydrogen-bond acceptors (Lipinski definition) is 3. The Morgan fingerprint density at radius 2 is 1.96 bits per heavy atom. The van der Waals surface area contributed by atoms with Gasteiger partial charge in [-0.3, -0.25) is 4.79 Å². The Morgan fingerprint density at radius 1 is 1.29 bits per heavy atom. The molecule has 1 aliphatic heterocycles. The van der Waals surface area contributed by atoms with Crippen LogP contribution in [-0.2, 0) is 4.79 Å². The lowest BCUT2D eigenvalue weighted by Crippen LogP contribution is -2.30. The van der Waals surface area contributed by atoms with E-state index in [1.165, 1.54) is 18.2 Å².